The quantitative estimate of drug-likeness (QED) is 0.797. The Labute approximate surface area is 84.8 Å². The van der Waals surface area contributed by atoms with Gasteiger partial charge in [-0.15, -0.1) is 0 Å². The van der Waals surface area contributed by atoms with Crippen LogP contribution in [0.3, 0.4) is 0 Å². The Balaban J connectivity index is 1.85. The highest BCUT2D eigenvalue weighted by Gasteiger charge is 2.21. The van der Waals surface area contributed by atoms with Gasteiger partial charge >= 0.3 is 0 Å². The van der Waals surface area contributed by atoms with Crippen LogP contribution < -0.4 is 0 Å². The van der Waals surface area contributed by atoms with Crippen LogP contribution in [0.5, 0.6) is 0 Å². The van der Waals surface area contributed by atoms with Gasteiger partial charge in [-0.2, -0.15) is 0 Å². The molecule has 1 fully saturated rings. The van der Waals surface area contributed by atoms with E-state index in [1.165, 1.54) is 32.1 Å². The van der Waals surface area contributed by atoms with Gasteiger partial charge in [0.25, 0.3) is 0 Å². The summed E-state index contributed by atoms with van der Waals surface area (Å²) in [6, 6.07) is 0. The van der Waals surface area contributed by atoms with E-state index in [9.17, 15) is 5.11 Å². The van der Waals surface area contributed by atoms with Crippen LogP contribution in [-0.4, -0.2) is 20.8 Å². The molecule has 0 aliphatic heterocycles. The van der Waals surface area contributed by atoms with Crippen molar-refractivity contribution in [1.82, 2.24) is 9.55 Å². The summed E-state index contributed by atoms with van der Waals surface area (Å²) in [5.74, 6) is 0.506. The zero-order chi connectivity index (χ0) is 9.80. The predicted molar refractivity (Wildman–Crippen MR) is 54.8 cm³/mol. The normalized spacial score (nSPS) is 20.9. The highest BCUT2D eigenvalue weighted by molar-refractivity contribution is 4.79. The van der Waals surface area contributed by atoms with Gasteiger partial charge in [0.2, 0.25) is 0 Å². The van der Waals surface area contributed by atoms with Crippen LogP contribution in [0.25, 0.3) is 0 Å². The lowest BCUT2D eigenvalue weighted by Gasteiger charge is -2.26. The molecule has 0 radical (unpaired) electrons. The van der Waals surface area contributed by atoms with Gasteiger partial charge in [0.1, 0.15) is 0 Å². The van der Waals surface area contributed by atoms with Gasteiger partial charge in [-0.25, -0.2) is 4.98 Å². The molecule has 1 N–H and O–H groups in total. The molecule has 1 aromatic rings. The maximum absolute atomic E-state index is 10.00. The summed E-state index contributed by atoms with van der Waals surface area (Å²) in [5.41, 5.74) is 0. The molecule has 1 atom stereocenters. The molecule has 1 heterocycles. The number of nitrogens with zero attached hydrogens (tertiary/aromatic N) is 2. The van der Waals surface area contributed by atoms with E-state index in [2.05, 4.69) is 4.98 Å². The zero-order valence-electron chi connectivity index (χ0n) is 8.47. The van der Waals surface area contributed by atoms with E-state index < -0.39 is 0 Å². The van der Waals surface area contributed by atoms with Gasteiger partial charge in [-0.3, -0.25) is 0 Å². The highest BCUT2D eigenvalue weighted by Crippen LogP contribution is 2.26. The molecule has 78 valence electrons. The van der Waals surface area contributed by atoms with Crippen LogP contribution in [0, 0.1) is 5.92 Å². The minimum absolute atomic E-state index is 0.190. The molecule has 0 amide bonds. The monoisotopic (exact) mass is 194 g/mol. The maximum Gasteiger partial charge on any atom is 0.0946 e. The van der Waals surface area contributed by atoms with Crippen molar-refractivity contribution in [2.75, 3.05) is 0 Å². The minimum Gasteiger partial charge on any atom is -0.391 e. The van der Waals surface area contributed by atoms with Gasteiger partial charge in [-0.05, 0) is 18.8 Å². The molecule has 1 aliphatic carbocycles. The molecule has 3 nitrogen and oxygen atoms in total. The minimum atomic E-state index is -0.190. The summed E-state index contributed by atoms with van der Waals surface area (Å²) in [6.45, 7) is 0.699. The zero-order valence-corrected chi connectivity index (χ0v) is 8.47. The lowest BCUT2D eigenvalue weighted by atomic mass is 9.85. The molecule has 3 heteroatoms. The maximum atomic E-state index is 10.00. The van der Waals surface area contributed by atoms with Gasteiger partial charge in [0.15, 0.2) is 0 Å². The van der Waals surface area contributed by atoms with Crippen molar-refractivity contribution in [2.24, 2.45) is 5.92 Å². The third kappa shape index (κ3) is 2.35. The number of aliphatic hydroxyl groups excluding tert-OH is 1. The first-order valence-electron chi connectivity index (χ1n) is 5.50. The van der Waals surface area contributed by atoms with Crippen LogP contribution in [0.4, 0.5) is 0 Å². The van der Waals surface area contributed by atoms with E-state index in [4.69, 9.17) is 0 Å². The van der Waals surface area contributed by atoms with Crippen molar-refractivity contribution in [3.05, 3.63) is 18.7 Å². The number of aromatic nitrogens is 2. The fourth-order valence-corrected chi connectivity index (χ4v) is 2.28. The fraction of sp³-hybridized carbons (Fsp3) is 0.727. The first kappa shape index (κ1) is 9.71. The molecule has 0 spiro atoms. The number of hydrogen-bond donors (Lipinski definition) is 1. The van der Waals surface area contributed by atoms with Crippen LogP contribution in [0.15, 0.2) is 18.7 Å². The molecule has 1 aliphatic rings. The Bertz CT molecular complexity index is 252. The highest BCUT2D eigenvalue weighted by atomic mass is 16.3. The summed E-state index contributed by atoms with van der Waals surface area (Å²) in [6.07, 6.45) is 11.5. The number of aliphatic hydroxyl groups is 1. The summed E-state index contributed by atoms with van der Waals surface area (Å²) in [4.78, 5) is 3.97. The topological polar surface area (TPSA) is 38.0 Å². The molecule has 1 unspecified atom stereocenters. The Morgan fingerprint density at radius 2 is 2.14 bits per heavy atom. The van der Waals surface area contributed by atoms with Gasteiger partial charge in [0, 0.05) is 18.9 Å². The van der Waals surface area contributed by atoms with E-state index in [1.807, 2.05) is 10.8 Å². The van der Waals surface area contributed by atoms with Crippen LogP contribution in [0.1, 0.15) is 32.1 Å². The Morgan fingerprint density at radius 3 is 2.79 bits per heavy atom. The Morgan fingerprint density at radius 1 is 1.36 bits per heavy atom. The second kappa shape index (κ2) is 4.60. The molecule has 0 bridgehead atoms. The third-order valence-electron chi connectivity index (χ3n) is 3.15. The Hall–Kier alpha value is -0.830. The Kier molecular flexibility index (Phi) is 3.19. The average molecular weight is 194 g/mol. The van der Waals surface area contributed by atoms with Gasteiger partial charge in [0.05, 0.1) is 12.4 Å². The lowest BCUT2D eigenvalue weighted by Crippen LogP contribution is -2.27. The summed E-state index contributed by atoms with van der Waals surface area (Å²) in [7, 11) is 0. The molecule has 14 heavy (non-hydrogen) atoms. The van der Waals surface area contributed by atoms with E-state index in [-0.39, 0.29) is 6.10 Å². The number of rotatable bonds is 3. The van der Waals surface area contributed by atoms with Crippen molar-refractivity contribution in [3.63, 3.8) is 0 Å². The third-order valence-corrected chi connectivity index (χ3v) is 3.15. The van der Waals surface area contributed by atoms with Crippen molar-refractivity contribution in [2.45, 2.75) is 44.8 Å². The van der Waals surface area contributed by atoms with E-state index >= 15 is 0 Å². The largest absolute Gasteiger partial charge is 0.391 e. The van der Waals surface area contributed by atoms with E-state index in [0.717, 1.165) is 0 Å². The van der Waals surface area contributed by atoms with Gasteiger partial charge in [-0.1, -0.05) is 19.3 Å². The summed E-state index contributed by atoms with van der Waals surface area (Å²) in [5, 5.41) is 10.00. The van der Waals surface area contributed by atoms with E-state index in [1.54, 1.807) is 12.5 Å². The fourth-order valence-electron chi connectivity index (χ4n) is 2.28. The standard InChI is InChI=1S/C11H18N2O/c14-11(8-13-7-6-12-9-13)10-4-2-1-3-5-10/h6-7,9-11,14H,1-5,8H2. The number of imidazole rings is 1. The SMILES string of the molecule is OC(Cn1ccnc1)C1CCCCC1. The summed E-state index contributed by atoms with van der Waals surface area (Å²) >= 11 is 0. The lowest BCUT2D eigenvalue weighted by molar-refractivity contribution is 0.0696. The van der Waals surface area contributed by atoms with Crippen molar-refractivity contribution in [1.29, 1.82) is 0 Å². The molecule has 1 saturated carbocycles. The molecular weight excluding hydrogens is 176 g/mol. The van der Waals surface area contributed by atoms with Crippen LogP contribution >= 0.6 is 0 Å². The number of hydrogen-bond acceptors (Lipinski definition) is 2. The summed E-state index contributed by atoms with van der Waals surface area (Å²) < 4.78 is 1.96. The molecule has 0 aromatic carbocycles. The van der Waals surface area contributed by atoms with Crippen LogP contribution in [-0.2, 0) is 6.54 Å². The van der Waals surface area contributed by atoms with E-state index in [0.29, 0.717) is 12.5 Å². The van der Waals surface area contributed by atoms with Crippen molar-refractivity contribution >= 4 is 0 Å². The molecule has 2 rings (SSSR count). The smallest absolute Gasteiger partial charge is 0.0946 e. The van der Waals surface area contributed by atoms with Crippen molar-refractivity contribution in [3.8, 4) is 0 Å². The first-order valence-corrected chi connectivity index (χ1v) is 5.50. The van der Waals surface area contributed by atoms with Crippen LogP contribution in [0.2, 0.25) is 0 Å². The average Bonchev–Trinajstić information content (AvgIpc) is 2.72. The second-order valence-corrected chi connectivity index (χ2v) is 4.22. The molecule has 1 aromatic heterocycles. The first-order chi connectivity index (χ1) is 6.86. The van der Waals surface area contributed by atoms with Gasteiger partial charge < -0.3 is 9.67 Å². The predicted octanol–water partition coefficient (Wildman–Crippen LogP) is 1.82. The molecular formula is C11H18N2O. The second-order valence-electron chi connectivity index (χ2n) is 4.22. The molecule has 0 saturated heterocycles. The van der Waals surface area contributed by atoms with Crippen molar-refractivity contribution < 1.29 is 5.11 Å².